The molecule has 0 bridgehead atoms. The van der Waals surface area contributed by atoms with Crippen LogP contribution in [0.2, 0.25) is 0 Å². The maximum Gasteiger partial charge on any atom is 0.0431 e. The highest BCUT2D eigenvalue weighted by atomic mass is 16.2. The third-order valence-corrected chi connectivity index (χ3v) is 0.908. The number of aliphatic hydroxyl groups excluding tert-OH is 1. The zero-order valence-electron chi connectivity index (χ0n) is 4.69. The molecular weight excluding hydrogens is 88.1 g/mol. The minimum Gasteiger partial charge on any atom is -0.396 e. The molecular formula is C6H13O-. The van der Waals surface area contributed by atoms with Crippen LogP contribution in [0.5, 0.6) is 0 Å². The summed E-state index contributed by atoms with van der Waals surface area (Å²) in [4.78, 5) is 0. The van der Waals surface area contributed by atoms with Crippen molar-refractivity contribution in [3.8, 4) is 0 Å². The zero-order chi connectivity index (χ0) is 5.54. The minimum absolute atomic E-state index is 0.333. The maximum atomic E-state index is 8.27. The predicted octanol–water partition coefficient (Wildman–Crippen LogP) is 1.37. The minimum atomic E-state index is 0.333. The topological polar surface area (TPSA) is 20.2 Å². The second-order valence-electron chi connectivity index (χ2n) is 1.64. The van der Waals surface area contributed by atoms with E-state index in [-0.39, 0.29) is 0 Å². The summed E-state index contributed by atoms with van der Waals surface area (Å²) in [6, 6.07) is 0. The van der Waals surface area contributed by atoms with Crippen LogP contribution >= 0.6 is 0 Å². The van der Waals surface area contributed by atoms with E-state index in [1.54, 1.807) is 0 Å². The highest BCUT2D eigenvalue weighted by Crippen LogP contribution is 1.95. The molecule has 0 heterocycles. The lowest BCUT2D eigenvalue weighted by Gasteiger charge is -1.94. The third kappa shape index (κ3) is 5.96. The Kier molecular flexibility index (Phi) is 5.93. The second-order valence-corrected chi connectivity index (χ2v) is 1.64. The van der Waals surface area contributed by atoms with Gasteiger partial charge < -0.3 is 12.0 Å². The van der Waals surface area contributed by atoms with Crippen LogP contribution < -0.4 is 0 Å². The normalized spacial score (nSPS) is 9.43. The number of hydrogen-bond acceptors (Lipinski definition) is 1. The third-order valence-electron chi connectivity index (χ3n) is 0.908. The quantitative estimate of drug-likeness (QED) is 0.419. The Balaban J connectivity index is 2.45. The summed E-state index contributed by atoms with van der Waals surface area (Å²) in [6.45, 7) is 4.01. The molecule has 0 aliphatic heterocycles. The van der Waals surface area contributed by atoms with E-state index in [1.807, 2.05) is 0 Å². The summed E-state index contributed by atoms with van der Waals surface area (Å²) in [5, 5.41) is 8.27. The molecule has 1 nitrogen and oxygen atoms in total. The molecule has 0 rings (SSSR count). The standard InChI is InChI=1S/C6H13O/c1-2-3-4-5-6-7/h7H,1-6H2/q-1. The molecule has 0 amide bonds. The first kappa shape index (κ1) is 6.96. The van der Waals surface area contributed by atoms with Crippen LogP contribution in [0.3, 0.4) is 0 Å². The summed E-state index contributed by atoms with van der Waals surface area (Å²) in [6.07, 6.45) is 4.22. The van der Waals surface area contributed by atoms with E-state index in [1.165, 1.54) is 0 Å². The Hall–Kier alpha value is -0.0400. The Morgan fingerprint density at radius 2 is 1.86 bits per heavy atom. The van der Waals surface area contributed by atoms with Crippen LogP contribution in [-0.4, -0.2) is 11.7 Å². The molecule has 1 N–H and O–H groups in total. The molecule has 0 unspecified atom stereocenters. The van der Waals surface area contributed by atoms with Gasteiger partial charge in [-0.3, -0.25) is 0 Å². The van der Waals surface area contributed by atoms with Crippen molar-refractivity contribution in [2.75, 3.05) is 6.61 Å². The van der Waals surface area contributed by atoms with Gasteiger partial charge in [0.05, 0.1) is 0 Å². The van der Waals surface area contributed by atoms with E-state index < -0.39 is 0 Å². The van der Waals surface area contributed by atoms with Gasteiger partial charge >= 0.3 is 0 Å². The zero-order valence-corrected chi connectivity index (χ0v) is 4.69. The van der Waals surface area contributed by atoms with Crippen LogP contribution in [0.25, 0.3) is 0 Å². The largest absolute Gasteiger partial charge is 0.396 e. The van der Waals surface area contributed by atoms with E-state index in [2.05, 4.69) is 6.92 Å². The van der Waals surface area contributed by atoms with Gasteiger partial charge in [0.25, 0.3) is 0 Å². The molecule has 0 aromatic heterocycles. The predicted molar refractivity (Wildman–Crippen MR) is 30.9 cm³/mol. The Morgan fingerprint density at radius 3 is 2.29 bits per heavy atom. The number of rotatable bonds is 4. The summed E-state index contributed by atoms with van der Waals surface area (Å²) >= 11 is 0. The number of aliphatic hydroxyl groups is 1. The van der Waals surface area contributed by atoms with E-state index in [4.69, 9.17) is 5.11 Å². The molecule has 0 aromatic carbocycles. The Morgan fingerprint density at radius 1 is 1.14 bits per heavy atom. The van der Waals surface area contributed by atoms with Crippen molar-refractivity contribution in [1.82, 2.24) is 0 Å². The fourth-order valence-electron chi connectivity index (χ4n) is 0.465. The summed E-state index contributed by atoms with van der Waals surface area (Å²) in [5.41, 5.74) is 0. The van der Waals surface area contributed by atoms with Crippen molar-refractivity contribution in [3.05, 3.63) is 6.92 Å². The van der Waals surface area contributed by atoms with Crippen molar-refractivity contribution >= 4 is 0 Å². The fraction of sp³-hybridized carbons (Fsp3) is 0.833. The monoisotopic (exact) mass is 101 g/mol. The fourth-order valence-corrected chi connectivity index (χ4v) is 0.465. The van der Waals surface area contributed by atoms with E-state index in [0.717, 1.165) is 25.7 Å². The summed E-state index contributed by atoms with van der Waals surface area (Å²) in [5.74, 6) is 0. The first-order valence-electron chi connectivity index (χ1n) is 2.82. The van der Waals surface area contributed by atoms with E-state index in [0.29, 0.717) is 6.61 Å². The van der Waals surface area contributed by atoms with Crippen molar-refractivity contribution in [1.29, 1.82) is 0 Å². The molecule has 0 spiro atoms. The highest BCUT2D eigenvalue weighted by Gasteiger charge is 1.78. The molecule has 0 aromatic rings. The molecule has 0 atom stereocenters. The smallest absolute Gasteiger partial charge is 0.0431 e. The van der Waals surface area contributed by atoms with Crippen molar-refractivity contribution in [2.24, 2.45) is 0 Å². The average molecular weight is 101 g/mol. The van der Waals surface area contributed by atoms with Crippen molar-refractivity contribution in [3.63, 3.8) is 0 Å². The highest BCUT2D eigenvalue weighted by molar-refractivity contribution is 4.41. The molecule has 0 saturated carbocycles. The summed E-state index contributed by atoms with van der Waals surface area (Å²) in [7, 11) is 0. The Labute approximate surface area is 45.4 Å². The van der Waals surface area contributed by atoms with Gasteiger partial charge in [-0.15, -0.1) is 0 Å². The maximum absolute atomic E-state index is 8.27. The molecule has 0 aliphatic carbocycles. The lowest BCUT2D eigenvalue weighted by Crippen LogP contribution is -1.80. The Bertz CT molecular complexity index is 23.4. The number of unbranched alkanes of at least 4 members (excludes halogenated alkanes) is 3. The molecule has 0 aliphatic rings. The summed E-state index contributed by atoms with van der Waals surface area (Å²) < 4.78 is 0. The van der Waals surface area contributed by atoms with Gasteiger partial charge in [0.2, 0.25) is 0 Å². The molecule has 0 saturated heterocycles. The number of hydrogen-bond donors (Lipinski definition) is 1. The molecule has 44 valence electrons. The van der Waals surface area contributed by atoms with Gasteiger partial charge in [0, 0.05) is 6.61 Å². The van der Waals surface area contributed by atoms with E-state index >= 15 is 0 Å². The lowest BCUT2D eigenvalue weighted by atomic mass is 10.2. The van der Waals surface area contributed by atoms with Gasteiger partial charge in [-0.05, 0) is 6.42 Å². The molecule has 0 fully saturated rings. The van der Waals surface area contributed by atoms with Crippen LogP contribution in [0.4, 0.5) is 0 Å². The van der Waals surface area contributed by atoms with Gasteiger partial charge in [0.1, 0.15) is 0 Å². The molecule has 7 heavy (non-hydrogen) atoms. The first-order chi connectivity index (χ1) is 3.41. The molecule has 1 heteroatoms. The lowest BCUT2D eigenvalue weighted by molar-refractivity contribution is 0.283. The van der Waals surface area contributed by atoms with Crippen LogP contribution in [-0.2, 0) is 0 Å². The van der Waals surface area contributed by atoms with Crippen molar-refractivity contribution in [2.45, 2.75) is 25.7 Å². The van der Waals surface area contributed by atoms with Crippen LogP contribution in [0.15, 0.2) is 0 Å². The van der Waals surface area contributed by atoms with Gasteiger partial charge in [-0.25, -0.2) is 0 Å². The van der Waals surface area contributed by atoms with Gasteiger partial charge in [-0.1, -0.05) is 12.8 Å². The van der Waals surface area contributed by atoms with Crippen molar-refractivity contribution < 1.29 is 5.11 Å². The van der Waals surface area contributed by atoms with Gasteiger partial charge in [-0.2, -0.15) is 6.42 Å². The van der Waals surface area contributed by atoms with E-state index in [9.17, 15) is 0 Å². The van der Waals surface area contributed by atoms with Gasteiger partial charge in [0.15, 0.2) is 0 Å². The molecule has 0 radical (unpaired) electrons. The van der Waals surface area contributed by atoms with Crippen LogP contribution in [0, 0.1) is 6.92 Å². The SMILES string of the molecule is [CH2-]CCCCCO. The second kappa shape index (κ2) is 5.96. The van der Waals surface area contributed by atoms with Crippen LogP contribution in [0.1, 0.15) is 25.7 Å². The average Bonchev–Trinajstić information content (AvgIpc) is 1.69. The first-order valence-corrected chi connectivity index (χ1v) is 2.82.